The summed E-state index contributed by atoms with van der Waals surface area (Å²) in [5.74, 6) is -0.477. The van der Waals surface area contributed by atoms with E-state index in [1.165, 1.54) is 12.1 Å². The van der Waals surface area contributed by atoms with Gasteiger partial charge in [0.15, 0.2) is 12.2 Å². The number of benzene rings is 1. The molecular formula is C11H9N3O3. The average Bonchev–Trinajstić information content (AvgIpc) is 2.31. The minimum Gasteiger partial charge on any atom is -0.479 e. The first-order valence-electron chi connectivity index (χ1n) is 4.93. The van der Waals surface area contributed by atoms with Crippen molar-refractivity contribution < 1.29 is 14.3 Å². The van der Waals surface area contributed by atoms with Gasteiger partial charge in [-0.2, -0.15) is 5.26 Å². The molecule has 6 heteroatoms. The van der Waals surface area contributed by atoms with E-state index in [2.05, 4.69) is 10.6 Å². The Balaban J connectivity index is 2.26. The van der Waals surface area contributed by atoms with E-state index in [-0.39, 0.29) is 5.91 Å². The van der Waals surface area contributed by atoms with Gasteiger partial charge < -0.3 is 15.4 Å². The lowest BCUT2D eigenvalue weighted by Crippen LogP contribution is -2.34. The van der Waals surface area contributed by atoms with Crippen molar-refractivity contribution >= 4 is 23.2 Å². The molecule has 0 aliphatic carbocycles. The Kier molecular flexibility index (Phi) is 2.66. The third-order valence-corrected chi connectivity index (χ3v) is 2.27. The highest BCUT2D eigenvalue weighted by molar-refractivity contribution is 6.03. The first kappa shape index (κ1) is 11.0. The summed E-state index contributed by atoms with van der Waals surface area (Å²) in [4.78, 5) is 22.2. The molecule has 2 amide bonds. The largest absolute Gasteiger partial charge is 0.479 e. The van der Waals surface area contributed by atoms with Crippen molar-refractivity contribution in [3.63, 3.8) is 0 Å². The number of carbonyl (C=O) groups excluding carboxylic acids is 2. The van der Waals surface area contributed by atoms with E-state index in [1.807, 2.05) is 0 Å². The molecule has 0 fully saturated rings. The molecule has 1 aliphatic heterocycles. The van der Waals surface area contributed by atoms with Crippen molar-refractivity contribution in [2.75, 3.05) is 10.6 Å². The second-order valence-electron chi connectivity index (χ2n) is 3.53. The highest BCUT2D eigenvalue weighted by Crippen LogP contribution is 2.31. The number of amides is 2. The van der Waals surface area contributed by atoms with Crippen LogP contribution in [0.1, 0.15) is 6.92 Å². The van der Waals surface area contributed by atoms with Gasteiger partial charge in [-0.25, -0.2) is 0 Å². The summed E-state index contributed by atoms with van der Waals surface area (Å²) in [6.07, 6.45) is -0.540. The van der Waals surface area contributed by atoms with Crippen LogP contribution in [0.3, 0.4) is 0 Å². The van der Waals surface area contributed by atoms with Crippen LogP contribution >= 0.6 is 0 Å². The van der Waals surface area contributed by atoms with Crippen LogP contribution in [0.15, 0.2) is 18.2 Å². The summed E-state index contributed by atoms with van der Waals surface area (Å²) in [6, 6.07) is 6.20. The van der Waals surface area contributed by atoms with Gasteiger partial charge in [0, 0.05) is 5.69 Å². The molecule has 0 saturated carbocycles. The number of anilines is 2. The van der Waals surface area contributed by atoms with Crippen LogP contribution in [0.25, 0.3) is 0 Å². The Bertz CT molecular complexity index is 533. The summed E-state index contributed by atoms with van der Waals surface area (Å²) in [7, 11) is 0. The number of carbonyl (C=O) groups is 2. The summed E-state index contributed by atoms with van der Waals surface area (Å²) in [5.41, 5.74) is 0.901. The molecule has 0 saturated heterocycles. The number of fused-ring (bicyclic) bond motifs is 1. The minimum atomic E-state index is -0.763. The van der Waals surface area contributed by atoms with E-state index in [0.717, 1.165) is 0 Å². The molecule has 1 heterocycles. The molecule has 1 atom stereocenters. The van der Waals surface area contributed by atoms with Gasteiger partial charge >= 0.3 is 5.91 Å². The molecule has 17 heavy (non-hydrogen) atoms. The maximum Gasteiger partial charge on any atom is 0.326 e. The highest BCUT2D eigenvalue weighted by atomic mass is 16.5. The summed E-state index contributed by atoms with van der Waals surface area (Å²) >= 11 is 0. The lowest BCUT2D eigenvalue weighted by molar-refractivity contribution is -0.122. The normalized spacial score (nSPS) is 17.2. The second-order valence-corrected chi connectivity index (χ2v) is 3.53. The van der Waals surface area contributed by atoms with Gasteiger partial charge in [0.05, 0.1) is 5.69 Å². The van der Waals surface area contributed by atoms with Gasteiger partial charge in [-0.05, 0) is 25.1 Å². The first-order chi connectivity index (χ1) is 8.10. The Hall–Kier alpha value is -2.55. The fraction of sp³-hybridized carbons (Fsp3) is 0.182. The van der Waals surface area contributed by atoms with Crippen LogP contribution in [0.4, 0.5) is 11.4 Å². The summed E-state index contributed by atoms with van der Waals surface area (Å²) in [5, 5.41) is 13.4. The van der Waals surface area contributed by atoms with E-state index in [1.54, 1.807) is 19.1 Å². The second kappa shape index (κ2) is 4.14. The van der Waals surface area contributed by atoms with Crippen molar-refractivity contribution in [2.24, 2.45) is 0 Å². The van der Waals surface area contributed by atoms with Gasteiger partial charge in [-0.3, -0.25) is 9.59 Å². The van der Waals surface area contributed by atoms with Crippen molar-refractivity contribution in [1.29, 1.82) is 5.26 Å². The zero-order valence-corrected chi connectivity index (χ0v) is 8.98. The van der Waals surface area contributed by atoms with Crippen molar-refractivity contribution in [3.8, 4) is 11.8 Å². The topological polar surface area (TPSA) is 91.2 Å². The average molecular weight is 231 g/mol. The number of nitriles is 1. The molecule has 0 bridgehead atoms. The van der Waals surface area contributed by atoms with Crippen LogP contribution in [0, 0.1) is 11.3 Å². The van der Waals surface area contributed by atoms with Crippen LogP contribution in [-0.2, 0) is 9.59 Å². The lowest BCUT2D eigenvalue weighted by Gasteiger charge is -2.23. The molecule has 6 nitrogen and oxygen atoms in total. The smallest absolute Gasteiger partial charge is 0.326 e. The maximum atomic E-state index is 11.4. The Morgan fingerprint density at radius 3 is 3.06 bits per heavy atom. The molecule has 0 aromatic heterocycles. The summed E-state index contributed by atoms with van der Waals surface area (Å²) < 4.78 is 5.34. The molecule has 2 rings (SSSR count). The van der Waals surface area contributed by atoms with Crippen LogP contribution in [0.2, 0.25) is 0 Å². The van der Waals surface area contributed by atoms with Gasteiger partial charge in [0.1, 0.15) is 5.75 Å². The van der Waals surface area contributed by atoms with E-state index in [0.29, 0.717) is 17.1 Å². The molecule has 1 aromatic carbocycles. The zero-order chi connectivity index (χ0) is 12.4. The number of hydrogen-bond acceptors (Lipinski definition) is 4. The predicted octanol–water partition coefficient (Wildman–Crippen LogP) is 0.868. The van der Waals surface area contributed by atoms with Gasteiger partial charge in [-0.1, -0.05) is 0 Å². The third-order valence-electron chi connectivity index (χ3n) is 2.27. The SMILES string of the molecule is CC1Oc2ccc(NC(=O)C#N)cc2NC1=O. The monoisotopic (exact) mass is 231 g/mol. The number of nitrogens with one attached hydrogen (secondary N) is 2. The molecule has 86 valence electrons. The fourth-order valence-corrected chi connectivity index (χ4v) is 1.45. The number of nitrogens with zero attached hydrogens (tertiary/aromatic N) is 1. The van der Waals surface area contributed by atoms with E-state index >= 15 is 0 Å². The third kappa shape index (κ3) is 2.18. The van der Waals surface area contributed by atoms with Gasteiger partial charge in [0.25, 0.3) is 5.91 Å². The Morgan fingerprint density at radius 1 is 1.59 bits per heavy atom. The maximum absolute atomic E-state index is 11.4. The van der Waals surface area contributed by atoms with Crippen molar-refractivity contribution in [2.45, 2.75) is 13.0 Å². The van der Waals surface area contributed by atoms with E-state index in [4.69, 9.17) is 10.00 Å². The molecule has 1 aliphatic rings. The lowest BCUT2D eigenvalue weighted by atomic mass is 10.2. The number of rotatable bonds is 1. The molecule has 1 aromatic rings. The summed E-state index contributed by atoms with van der Waals surface area (Å²) in [6.45, 7) is 1.64. The number of ether oxygens (including phenoxy) is 1. The molecule has 0 radical (unpaired) electrons. The van der Waals surface area contributed by atoms with Crippen LogP contribution < -0.4 is 15.4 Å². The van der Waals surface area contributed by atoms with Crippen LogP contribution in [0.5, 0.6) is 5.75 Å². The van der Waals surface area contributed by atoms with Gasteiger partial charge in [0.2, 0.25) is 0 Å². The quantitative estimate of drug-likeness (QED) is 0.701. The predicted molar refractivity (Wildman–Crippen MR) is 59.4 cm³/mol. The number of hydrogen-bond donors (Lipinski definition) is 2. The molecular weight excluding hydrogens is 222 g/mol. The van der Waals surface area contributed by atoms with E-state index in [9.17, 15) is 9.59 Å². The van der Waals surface area contributed by atoms with E-state index < -0.39 is 12.0 Å². The molecule has 0 spiro atoms. The van der Waals surface area contributed by atoms with Gasteiger partial charge in [-0.15, -0.1) is 0 Å². The Morgan fingerprint density at radius 2 is 2.35 bits per heavy atom. The standard InChI is InChI=1S/C11H9N3O3/c1-6-11(16)14-8-4-7(13-10(15)5-12)2-3-9(8)17-6/h2-4,6H,1H3,(H,13,15)(H,14,16). The fourth-order valence-electron chi connectivity index (χ4n) is 1.45. The van der Waals surface area contributed by atoms with Crippen LogP contribution in [-0.4, -0.2) is 17.9 Å². The first-order valence-corrected chi connectivity index (χ1v) is 4.93. The highest BCUT2D eigenvalue weighted by Gasteiger charge is 2.23. The molecule has 2 N–H and O–H groups in total. The zero-order valence-electron chi connectivity index (χ0n) is 8.98. The minimum absolute atomic E-state index is 0.249. The molecule has 1 unspecified atom stereocenters. The van der Waals surface area contributed by atoms with Crippen molar-refractivity contribution in [1.82, 2.24) is 0 Å². The Labute approximate surface area is 97.2 Å². The van der Waals surface area contributed by atoms with Crippen molar-refractivity contribution in [3.05, 3.63) is 18.2 Å².